The molecule has 2 rings (SSSR count). The molecule has 0 radical (unpaired) electrons. The van der Waals surface area contributed by atoms with Gasteiger partial charge in [0, 0.05) is 5.92 Å². The van der Waals surface area contributed by atoms with E-state index in [1.54, 1.807) is 12.2 Å². The average molecular weight is 238 g/mol. The first-order valence-electron chi connectivity index (χ1n) is 6.43. The van der Waals surface area contributed by atoms with Gasteiger partial charge in [0.2, 0.25) is 0 Å². The molecule has 2 fully saturated rings. The van der Waals surface area contributed by atoms with E-state index >= 15 is 0 Å². The largest absolute Gasteiger partial charge is 0.372 e. The van der Waals surface area contributed by atoms with E-state index in [0.717, 1.165) is 6.42 Å². The normalized spacial score (nSPS) is 36.5. The molecule has 1 aliphatic carbocycles. The van der Waals surface area contributed by atoms with Gasteiger partial charge in [-0.2, -0.15) is 0 Å². The molecule has 1 aliphatic heterocycles. The van der Waals surface area contributed by atoms with Gasteiger partial charge in [0.1, 0.15) is 0 Å². The molecule has 1 saturated heterocycles. The molecule has 96 valence electrons. The number of hydrogen-bond donors (Lipinski definition) is 0. The lowest BCUT2D eigenvalue weighted by Gasteiger charge is -2.33. The summed E-state index contributed by atoms with van der Waals surface area (Å²) in [6, 6.07) is 0. The summed E-state index contributed by atoms with van der Waals surface area (Å²) in [6.45, 7) is 9.27. The van der Waals surface area contributed by atoms with Crippen molar-refractivity contribution < 1.29 is 14.2 Å². The summed E-state index contributed by atoms with van der Waals surface area (Å²) in [7, 11) is 0. The molecule has 17 heavy (non-hydrogen) atoms. The van der Waals surface area contributed by atoms with Gasteiger partial charge in [0.15, 0.2) is 0 Å². The van der Waals surface area contributed by atoms with Crippen LogP contribution in [0.2, 0.25) is 0 Å². The minimum Gasteiger partial charge on any atom is -0.372 e. The number of rotatable bonds is 6. The molecular formula is C14H22O3. The Bertz CT molecular complexity index is 264. The summed E-state index contributed by atoms with van der Waals surface area (Å²) in [5.41, 5.74) is 0. The van der Waals surface area contributed by atoms with Crippen molar-refractivity contribution >= 4 is 0 Å². The fraction of sp³-hybridized carbons (Fsp3) is 0.714. The maximum Gasteiger partial charge on any atom is 0.0891 e. The van der Waals surface area contributed by atoms with E-state index in [-0.39, 0.29) is 18.3 Å². The summed E-state index contributed by atoms with van der Waals surface area (Å²) in [5, 5.41) is 0. The molecule has 3 heteroatoms. The Hall–Kier alpha value is -0.640. The summed E-state index contributed by atoms with van der Waals surface area (Å²) in [4.78, 5) is 0. The second-order valence-electron chi connectivity index (χ2n) is 4.71. The van der Waals surface area contributed by atoms with Crippen LogP contribution in [0, 0.1) is 5.92 Å². The zero-order valence-electron chi connectivity index (χ0n) is 10.3. The highest BCUT2D eigenvalue weighted by Gasteiger charge is 2.44. The van der Waals surface area contributed by atoms with Gasteiger partial charge in [-0.1, -0.05) is 18.6 Å². The monoisotopic (exact) mass is 238 g/mol. The van der Waals surface area contributed by atoms with Crippen molar-refractivity contribution in [3.63, 3.8) is 0 Å². The van der Waals surface area contributed by atoms with E-state index in [9.17, 15) is 0 Å². The van der Waals surface area contributed by atoms with Crippen LogP contribution >= 0.6 is 0 Å². The van der Waals surface area contributed by atoms with Gasteiger partial charge < -0.3 is 14.2 Å². The average Bonchev–Trinajstić information content (AvgIpc) is 2.77. The van der Waals surface area contributed by atoms with Crippen LogP contribution in [0.4, 0.5) is 0 Å². The van der Waals surface area contributed by atoms with E-state index in [1.807, 2.05) is 0 Å². The summed E-state index contributed by atoms with van der Waals surface area (Å²) in [5.74, 6) is 0.485. The maximum absolute atomic E-state index is 5.86. The molecule has 1 heterocycles. The van der Waals surface area contributed by atoms with E-state index in [1.165, 1.54) is 12.8 Å². The molecule has 0 bridgehead atoms. The smallest absolute Gasteiger partial charge is 0.0891 e. The zero-order chi connectivity index (χ0) is 12.1. The first-order valence-corrected chi connectivity index (χ1v) is 6.43. The lowest BCUT2D eigenvalue weighted by Crippen LogP contribution is -2.40. The second kappa shape index (κ2) is 6.34. The van der Waals surface area contributed by atoms with E-state index < -0.39 is 0 Å². The van der Waals surface area contributed by atoms with Crippen LogP contribution in [0.15, 0.2) is 25.3 Å². The summed E-state index contributed by atoms with van der Waals surface area (Å²) in [6.07, 6.45) is 7.69. The second-order valence-corrected chi connectivity index (χ2v) is 4.71. The van der Waals surface area contributed by atoms with E-state index in [0.29, 0.717) is 25.7 Å². The third-order valence-corrected chi connectivity index (χ3v) is 3.60. The van der Waals surface area contributed by atoms with Crippen molar-refractivity contribution in [1.29, 1.82) is 0 Å². The topological polar surface area (TPSA) is 27.7 Å². The Balaban J connectivity index is 1.90. The third kappa shape index (κ3) is 2.97. The van der Waals surface area contributed by atoms with Gasteiger partial charge in [0.05, 0.1) is 38.1 Å². The molecule has 1 unspecified atom stereocenters. The van der Waals surface area contributed by atoms with Gasteiger partial charge in [-0.25, -0.2) is 0 Å². The van der Waals surface area contributed by atoms with Crippen molar-refractivity contribution in [2.45, 2.75) is 37.6 Å². The molecule has 0 N–H and O–H groups in total. The van der Waals surface area contributed by atoms with Crippen molar-refractivity contribution in [3.05, 3.63) is 25.3 Å². The fourth-order valence-corrected chi connectivity index (χ4v) is 2.85. The predicted molar refractivity (Wildman–Crippen MR) is 67.0 cm³/mol. The molecule has 1 saturated carbocycles. The number of fused-ring (bicyclic) bond motifs is 1. The van der Waals surface area contributed by atoms with E-state index in [2.05, 4.69) is 13.2 Å². The van der Waals surface area contributed by atoms with Gasteiger partial charge in [-0.15, -0.1) is 13.2 Å². The van der Waals surface area contributed by atoms with Crippen LogP contribution in [0.25, 0.3) is 0 Å². The lowest BCUT2D eigenvalue weighted by atomic mass is 9.83. The maximum atomic E-state index is 5.86. The quantitative estimate of drug-likeness (QED) is 0.665. The fourth-order valence-electron chi connectivity index (χ4n) is 2.85. The zero-order valence-corrected chi connectivity index (χ0v) is 10.3. The molecule has 0 spiro atoms. The standard InChI is InChI=1S/C14H22O3/c1-3-8-15-12-7-5-6-11-13(16-9-4-2)10-17-14(11)12/h3-4,11-14H,1-2,5-10H2/t11?,12-,13+,14+/m1/s1. The molecular weight excluding hydrogens is 216 g/mol. The van der Waals surface area contributed by atoms with Crippen LogP contribution in [-0.2, 0) is 14.2 Å². The molecule has 4 atom stereocenters. The summed E-state index contributed by atoms with van der Waals surface area (Å²) >= 11 is 0. The summed E-state index contributed by atoms with van der Waals surface area (Å²) < 4.78 is 17.4. The first-order chi connectivity index (χ1) is 8.36. The van der Waals surface area contributed by atoms with Crippen LogP contribution in [0.1, 0.15) is 19.3 Å². The highest BCUT2D eigenvalue weighted by Crippen LogP contribution is 2.37. The van der Waals surface area contributed by atoms with Crippen molar-refractivity contribution in [1.82, 2.24) is 0 Å². The molecule has 0 aromatic rings. The van der Waals surface area contributed by atoms with Gasteiger partial charge in [-0.05, 0) is 12.8 Å². The number of ether oxygens (including phenoxy) is 3. The van der Waals surface area contributed by atoms with Gasteiger partial charge in [-0.3, -0.25) is 0 Å². The Morgan fingerprint density at radius 1 is 1.06 bits per heavy atom. The Labute approximate surface area is 103 Å². The molecule has 0 aromatic carbocycles. The molecule has 3 nitrogen and oxygen atoms in total. The van der Waals surface area contributed by atoms with Crippen LogP contribution in [0.3, 0.4) is 0 Å². The Kier molecular flexibility index (Phi) is 4.77. The third-order valence-electron chi connectivity index (χ3n) is 3.60. The predicted octanol–water partition coefficient (Wildman–Crippen LogP) is 2.33. The highest BCUT2D eigenvalue weighted by molar-refractivity contribution is 4.94. The van der Waals surface area contributed by atoms with Crippen LogP contribution in [0.5, 0.6) is 0 Å². The highest BCUT2D eigenvalue weighted by atomic mass is 16.6. The van der Waals surface area contributed by atoms with Gasteiger partial charge in [0.25, 0.3) is 0 Å². The minimum absolute atomic E-state index is 0.207. The van der Waals surface area contributed by atoms with Crippen LogP contribution in [-0.4, -0.2) is 38.1 Å². The first kappa shape index (κ1) is 12.8. The minimum atomic E-state index is 0.207. The van der Waals surface area contributed by atoms with Crippen molar-refractivity contribution in [2.75, 3.05) is 19.8 Å². The van der Waals surface area contributed by atoms with Gasteiger partial charge >= 0.3 is 0 Å². The SMILES string of the molecule is C=CCO[C@H]1CO[C@H]2C1CCC[C@H]2OCC=C. The van der Waals surface area contributed by atoms with Crippen molar-refractivity contribution in [3.8, 4) is 0 Å². The Morgan fingerprint density at radius 3 is 2.47 bits per heavy atom. The molecule has 0 aromatic heterocycles. The van der Waals surface area contributed by atoms with E-state index in [4.69, 9.17) is 14.2 Å². The van der Waals surface area contributed by atoms with Crippen LogP contribution < -0.4 is 0 Å². The molecule has 2 aliphatic rings. The Morgan fingerprint density at radius 2 is 1.76 bits per heavy atom. The molecule has 0 amide bonds. The number of hydrogen-bond acceptors (Lipinski definition) is 3. The van der Waals surface area contributed by atoms with Crippen molar-refractivity contribution in [2.24, 2.45) is 5.92 Å². The lowest BCUT2D eigenvalue weighted by molar-refractivity contribution is -0.0739.